The second kappa shape index (κ2) is 4.89. The molecule has 1 aliphatic carbocycles. The Kier molecular flexibility index (Phi) is 2.90. The first-order valence-corrected chi connectivity index (χ1v) is 7.46. The fourth-order valence-electron chi connectivity index (χ4n) is 2.99. The van der Waals surface area contributed by atoms with Gasteiger partial charge in [-0.25, -0.2) is 9.97 Å². The Bertz CT molecular complexity index is 550. The van der Waals surface area contributed by atoms with E-state index in [1.807, 2.05) is 18.6 Å². The number of anilines is 1. The summed E-state index contributed by atoms with van der Waals surface area (Å²) in [5.41, 5.74) is 2.43. The maximum Gasteiger partial charge on any atom is 0.131 e. The lowest BCUT2D eigenvalue weighted by Crippen LogP contribution is -2.33. The zero-order valence-electron chi connectivity index (χ0n) is 11.5. The predicted octanol–water partition coefficient (Wildman–Crippen LogP) is 2.46. The van der Waals surface area contributed by atoms with Crippen LogP contribution < -0.4 is 4.90 Å². The molecule has 1 saturated heterocycles. The summed E-state index contributed by atoms with van der Waals surface area (Å²) in [5, 5.41) is 7.14. The van der Waals surface area contributed by atoms with Crippen molar-refractivity contribution in [3.63, 3.8) is 0 Å². The van der Waals surface area contributed by atoms with Crippen molar-refractivity contribution in [3.8, 4) is 0 Å². The molecule has 0 aromatic carbocycles. The van der Waals surface area contributed by atoms with Gasteiger partial charge in [0.05, 0.1) is 18.1 Å². The van der Waals surface area contributed by atoms with Gasteiger partial charge in [-0.15, -0.1) is 0 Å². The molecule has 0 atom stereocenters. The highest BCUT2D eigenvalue weighted by molar-refractivity contribution is 5.43. The molecule has 2 aliphatic rings. The molecule has 0 radical (unpaired) electrons. The Hall–Kier alpha value is -1.91. The van der Waals surface area contributed by atoms with Crippen molar-refractivity contribution in [2.24, 2.45) is 0 Å². The molecule has 0 spiro atoms. The molecule has 5 nitrogen and oxygen atoms in total. The fourth-order valence-corrected chi connectivity index (χ4v) is 2.99. The second-order valence-electron chi connectivity index (χ2n) is 5.85. The molecule has 0 bridgehead atoms. The molecule has 4 rings (SSSR count). The molecule has 2 fully saturated rings. The van der Waals surface area contributed by atoms with Crippen molar-refractivity contribution in [1.29, 1.82) is 0 Å². The number of hydrogen-bond donors (Lipinski definition) is 1. The molecule has 1 saturated carbocycles. The largest absolute Gasteiger partial charge is 0.369 e. The first-order valence-electron chi connectivity index (χ1n) is 7.46. The van der Waals surface area contributed by atoms with Crippen LogP contribution in [0.3, 0.4) is 0 Å². The lowest BCUT2D eigenvalue weighted by molar-refractivity contribution is 0.495. The molecule has 104 valence electrons. The van der Waals surface area contributed by atoms with Gasteiger partial charge in [0.15, 0.2) is 0 Å². The van der Waals surface area contributed by atoms with Crippen LogP contribution in [-0.2, 0) is 0 Å². The first kappa shape index (κ1) is 11.9. The molecule has 0 amide bonds. The van der Waals surface area contributed by atoms with Crippen LogP contribution in [0.2, 0.25) is 0 Å². The molecule has 0 unspecified atom stereocenters. The maximum atomic E-state index is 4.52. The van der Waals surface area contributed by atoms with Crippen molar-refractivity contribution in [3.05, 3.63) is 36.2 Å². The molecular weight excluding hydrogens is 250 g/mol. The summed E-state index contributed by atoms with van der Waals surface area (Å²) < 4.78 is 0. The van der Waals surface area contributed by atoms with E-state index in [4.69, 9.17) is 0 Å². The molecular formula is C15H19N5. The lowest BCUT2D eigenvalue weighted by atomic mass is 9.93. The third-order valence-corrected chi connectivity index (χ3v) is 4.42. The summed E-state index contributed by atoms with van der Waals surface area (Å²) in [5.74, 6) is 2.27. The van der Waals surface area contributed by atoms with Gasteiger partial charge in [0.2, 0.25) is 0 Å². The van der Waals surface area contributed by atoms with E-state index in [1.54, 1.807) is 0 Å². The van der Waals surface area contributed by atoms with Crippen LogP contribution in [0, 0.1) is 0 Å². The average molecular weight is 269 g/mol. The smallest absolute Gasteiger partial charge is 0.131 e. The molecule has 20 heavy (non-hydrogen) atoms. The predicted molar refractivity (Wildman–Crippen MR) is 76.8 cm³/mol. The Morgan fingerprint density at radius 3 is 2.35 bits per heavy atom. The van der Waals surface area contributed by atoms with Crippen LogP contribution in [0.5, 0.6) is 0 Å². The Balaban J connectivity index is 1.40. The minimum absolute atomic E-state index is 0.611. The van der Waals surface area contributed by atoms with E-state index in [0.717, 1.165) is 37.4 Å². The Morgan fingerprint density at radius 1 is 1.00 bits per heavy atom. The van der Waals surface area contributed by atoms with Gasteiger partial charge in [-0.3, -0.25) is 5.10 Å². The quantitative estimate of drug-likeness (QED) is 0.930. The zero-order valence-corrected chi connectivity index (χ0v) is 11.5. The van der Waals surface area contributed by atoms with Gasteiger partial charge >= 0.3 is 0 Å². The molecule has 3 heterocycles. The third kappa shape index (κ3) is 2.28. The number of nitrogens with zero attached hydrogens (tertiary/aromatic N) is 4. The number of H-pyrrole nitrogens is 1. The zero-order chi connectivity index (χ0) is 13.4. The second-order valence-corrected chi connectivity index (χ2v) is 5.85. The highest BCUT2D eigenvalue weighted by Gasteiger charge is 2.27. The monoisotopic (exact) mass is 269 g/mol. The van der Waals surface area contributed by atoms with Crippen molar-refractivity contribution < 1.29 is 0 Å². The van der Waals surface area contributed by atoms with E-state index in [1.165, 1.54) is 18.5 Å². The Morgan fingerprint density at radius 2 is 1.75 bits per heavy atom. The summed E-state index contributed by atoms with van der Waals surface area (Å²) in [6, 6.07) is 2.09. The van der Waals surface area contributed by atoms with E-state index < -0.39 is 0 Å². The number of aromatic nitrogens is 4. The van der Waals surface area contributed by atoms with Crippen LogP contribution in [0.25, 0.3) is 0 Å². The third-order valence-electron chi connectivity index (χ3n) is 4.42. The van der Waals surface area contributed by atoms with Crippen molar-refractivity contribution in [2.75, 3.05) is 18.0 Å². The number of nitrogens with one attached hydrogen (secondary N) is 1. The van der Waals surface area contributed by atoms with Gasteiger partial charge in [0, 0.05) is 36.8 Å². The van der Waals surface area contributed by atoms with Crippen LogP contribution in [0.4, 0.5) is 5.69 Å². The van der Waals surface area contributed by atoms with E-state index in [0.29, 0.717) is 11.8 Å². The van der Waals surface area contributed by atoms with Gasteiger partial charge in [-0.2, -0.15) is 5.10 Å². The first-order chi connectivity index (χ1) is 9.90. The SMILES string of the molecule is c1cc(C2CCN(c3cnc(C4CC4)nc3)CC2)[nH]n1. The molecule has 2 aromatic rings. The normalized spacial score (nSPS) is 20.3. The van der Waals surface area contributed by atoms with Crippen molar-refractivity contribution in [1.82, 2.24) is 20.2 Å². The van der Waals surface area contributed by atoms with E-state index in [2.05, 4.69) is 31.1 Å². The minimum Gasteiger partial charge on any atom is -0.369 e. The number of hydrogen-bond acceptors (Lipinski definition) is 4. The Labute approximate surface area is 118 Å². The van der Waals surface area contributed by atoms with Crippen LogP contribution in [0.1, 0.15) is 49.0 Å². The maximum absolute atomic E-state index is 4.52. The molecule has 1 aliphatic heterocycles. The topological polar surface area (TPSA) is 57.7 Å². The summed E-state index contributed by atoms with van der Waals surface area (Å²) in [6.45, 7) is 2.13. The van der Waals surface area contributed by atoms with Crippen LogP contribution >= 0.6 is 0 Å². The summed E-state index contributed by atoms with van der Waals surface area (Å²) in [4.78, 5) is 11.4. The summed E-state index contributed by atoms with van der Waals surface area (Å²) >= 11 is 0. The molecule has 1 N–H and O–H groups in total. The lowest BCUT2D eigenvalue weighted by Gasteiger charge is -2.32. The van der Waals surface area contributed by atoms with Crippen LogP contribution in [-0.4, -0.2) is 33.3 Å². The van der Waals surface area contributed by atoms with Crippen LogP contribution in [0.15, 0.2) is 24.7 Å². The number of piperidine rings is 1. The van der Waals surface area contributed by atoms with E-state index >= 15 is 0 Å². The van der Waals surface area contributed by atoms with E-state index in [9.17, 15) is 0 Å². The highest BCUT2D eigenvalue weighted by atomic mass is 15.2. The molecule has 5 heteroatoms. The van der Waals surface area contributed by atoms with Crippen molar-refractivity contribution in [2.45, 2.75) is 37.5 Å². The highest BCUT2D eigenvalue weighted by Crippen LogP contribution is 2.38. The van der Waals surface area contributed by atoms with Gasteiger partial charge in [0.25, 0.3) is 0 Å². The van der Waals surface area contributed by atoms with Gasteiger partial charge in [0.1, 0.15) is 5.82 Å². The number of aromatic amines is 1. The number of rotatable bonds is 3. The van der Waals surface area contributed by atoms with E-state index in [-0.39, 0.29) is 0 Å². The van der Waals surface area contributed by atoms with Gasteiger partial charge < -0.3 is 4.90 Å². The van der Waals surface area contributed by atoms with Gasteiger partial charge in [-0.1, -0.05) is 0 Å². The van der Waals surface area contributed by atoms with Gasteiger partial charge in [-0.05, 0) is 31.7 Å². The summed E-state index contributed by atoms with van der Waals surface area (Å²) in [7, 11) is 0. The summed E-state index contributed by atoms with van der Waals surface area (Å²) in [6.07, 6.45) is 10.7. The standard InChI is InChI=1S/C15H19N5/c1-2-12(1)15-16-9-13(10-17-15)20-7-4-11(5-8-20)14-3-6-18-19-14/h3,6,9-12H,1-2,4-5,7-8H2,(H,18,19). The fraction of sp³-hybridized carbons (Fsp3) is 0.533. The minimum atomic E-state index is 0.611. The molecule has 2 aromatic heterocycles. The average Bonchev–Trinajstić information content (AvgIpc) is 3.22. The van der Waals surface area contributed by atoms with Crippen molar-refractivity contribution >= 4 is 5.69 Å².